The van der Waals surface area contributed by atoms with Gasteiger partial charge in [-0.05, 0) is 100 Å². The molecule has 3 aromatic carbocycles. The lowest BCUT2D eigenvalue weighted by Gasteiger charge is -2.19. The van der Waals surface area contributed by atoms with E-state index in [1.807, 2.05) is 48.5 Å². The minimum atomic E-state index is -0.512. The summed E-state index contributed by atoms with van der Waals surface area (Å²) >= 11 is 14.4. The molecule has 4 rings (SSSR count). The van der Waals surface area contributed by atoms with Gasteiger partial charge in [0.25, 0.3) is 5.91 Å². The number of benzene rings is 3. The molecule has 1 fully saturated rings. The van der Waals surface area contributed by atoms with E-state index < -0.39 is 5.97 Å². The van der Waals surface area contributed by atoms with Crippen LogP contribution in [-0.2, 0) is 27.4 Å². The Hall–Kier alpha value is -2.95. The largest absolute Gasteiger partial charge is 0.487 e. The molecule has 1 aliphatic rings. The van der Waals surface area contributed by atoms with E-state index >= 15 is 0 Å². The van der Waals surface area contributed by atoms with Crippen LogP contribution < -0.4 is 9.64 Å². The zero-order chi connectivity index (χ0) is 26.5. The third-order valence-corrected chi connectivity index (χ3v) is 7.24. The van der Waals surface area contributed by atoms with Gasteiger partial charge in [0, 0.05) is 3.57 Å². The predicted octanol–water partition coefficient (Wildman–Crippen LogP) is 6.23. The molecule has 1 amide bonds. The van der Waals surface area contributed by atoms with Crippen LogP contribution in [0.2, 0.25) is 5.02 Å². The number of halogens is 2. The van der Waals surface area contributed by atoms with Crippen molar-refractivity contribution in [2.75, 3.05) is 18.6 Å². The number of hydrogen-bond donors (Lipinski definition) is 0. The van der Waals surface area contributed by atoms with Crippen molar-refractivity contribution < 1.29 is 19.1 Å². The van der Waals surface area contributed by atoms with Crippen molar-refractivity contribution >= 4 is 75.2 Å². The zero-order valence-corrected chi connectivity index (χ0v) is 24.0. The van der Waals surface area contributed by atoms with E-state index in [1.54, 1.807) is 24.3 Å². The number of aryl methyl sites for hydroxylation is 1. The van der Waals surface area contributed by atoms with Crippen LogP contribution in [0.1, 0.15) is 23.6 Å². The number of rotatable bonds is 8. The average Bonchev–Trinajstić information content (AvgIpc) is 3.13. The lowest BCUT2D eigenvalue weighted by molar-refractivity contribution is -0.140. The normalized spacial score (nSPS) is 14.4. The highest BCUT2D eigenvalue weighted by Gasteiger charge is 2.40. The Bertz CT molecular complexity index is 1360. The Morgan fingerprint density at radius 3 is 2.35 bits per heavy atom. The summed E-state index contributed by atoms with van der Waals surface area (Å²) in [5, 5.41) is 0.605. The van der Waals surface area contributed by atoms with E-state index in [-0.39, 0.29) is 23.3 Å². The van der Waals surface area contributed by atoms with E-state index in [0.29, 0.717) is 28.6 Å². The number of esters is 1. The summed E-state index contributed by atoms with van der Waals surface area (Å²) in [5.41, 5.74) is 3.71. The molecule has 190 valence electrons. The molecule has 37 heavy (non-hydrogen) atoms. The Morgan fingerprint density at radius 2 is 1.73 bits per heavy atom. The number of nitrogens with zero attached hydrogens (tertiary/aromatic N) is 2. The number of carbonyl (C=O) groups excluding carboxylic acids is 2. The van der Waals surface area contributed by atoms with Crippen LogP contribution >= 0.6 is 46.4 Å². The predicted molar refractivity (Wildman–Crippen MR) is 158 cm³/mol. The van der Waals surface area contributed by atoms with Crippen molar-refractivity contribution in [1.82, 2.24) is 4.90 Å². The fraction of sp³-hybridized carbons (Fsp3) is 0.179. The number of carbonyl (C=O) groups is 2. The summed E-state index contributed by atoms with van der Waals surface area (Å²) in [6.07, 6.45) is 2.54. The minimum absolute atomic E-state index is 0.193. The highest BCUT2D eigenvalue weighted by Crippen LogP contribution is 2.32. The number of ether oxygens (including phenoxy) is 2. The smallest absolute Gasteiger partial charge is 0.325 e. The maximum atomic E-state index is 13.5. The van der Waals surface area contributed by atoms with Crippen molar-refractivity contribution in [3.05, 3.63) is 97.7 Å². The summed E-state index contributed by atoms with van der Waals surface area (Å²) < 4.78 is 11.9. The van der Waals surface area contributed by atoms with Gasteiger partial charge in [0.05, 0.1) is 17.8 Å². The molecule has 0 aromatic heterocycles. The van der Waals surface area contributed by atoms with Gasteiger partial charge in [0.1, 0.15) is 24.6 Å². The van der Waals surface area contributed by atoms with Crippen LogP contribution in [0.4, 0.5) is 5.69 Å². The Balaban J connectivity index is 1.60. The van der Waals surface area contributed by atoms with Crippen LogP contribution in [0.15, 0.2) is 72.4 Å². The summed E-state index contributed by atoms with van der Waals surface area (Å²) in [7, 11) is 1.29. The topological polar surface area (TPSA) is 59.1 Å². The SMILES string of the molecule is CCc1ccc(N2C(=O)/C(=C/c3ccc(OCc4ccc(I)cc4)c(Cl)c3)N(CC(=O)OC)C2=S)cc1. The van der Waals surface area contributed by atoms with Gasteiger partial charge >= 0.3 is 5.97 Å². The molecule has 1 aliphatic heterocycles. The standard InChI is InChI=1S/C28H24ClIN2O4S/c1-3-18-6-11-22(12-7-18)32-27(34)24(31(28(32)37)16-26(33)35-2)15-20-8-13-25(23(29)14-20)36-17-19-4-9-21(30)10-5-19/h4-15H,3,16-17H2,1-2H3/b24-15-. The molecule has 0 saturated carbocycles. The third-order valence-electron chi connectivity index (χ3n) is 5.82. The number of methoxy groups -OCH3 is 1. The molecule has 0 spiro atoms. The molecule has 6 nitrogen and oxygen atoms in total. The fourth-order valence-electron chi connectivity index (χ4n) is 3.76. The number of amides is 1. The maximum Gasteiger partial charge on any atom is 0.325 e. The monoisotopic (exact) mass is 646 g/mol. The first-order chi connectivity index (χ1) is 17.8. The van der Waals surface area contributed by atoms with E-state index in [9.17, 15) is 9.59 Å². The quantitative estimate of drug-likeness (QED) is 0.125. The highest BCUT2D eigenvalue weighted by molar-refractivity contribution is 14.1. The van der Waals surface area contributed by atoms with Crippen LogP contribution in [0.25, 0.3) is 6.08 Å². The second-order valence-electron chi connectivity index (χ2n) is 8.24. The summed E-state index contributed by atoms with van der Waals surface area (Å²) in [6, 6.07) is 20.9. The second-order valence-corrected chi connectivity index (χ2v) is 10.3. The molecular formula is C28H24ClIN2O4S. The first kappa shape index (κ1) is 27.1. The van der Waals surface area contributed by atoms with Crippen LogP contribution in [0.5, 0.6) is 5.75 Å². The first-order valence-electron chi connectivity index (χ1n) is 11.5. The third kappa shape index (κ3) is 6.31. The van der Waals surface area contributed by atoms with Gasteiger partial charge < -0.3 is 14.4 Å². The van der Waals surface area contributed by atoms with Crippen molar-refractivity contribution in [3.63, 3.8) is 0 Å². The zero-order valence-electron chi connectivity index (χ0n) is 20.2. The Labute approximate surface area is 239 Å². The summed E-state index contributed by atoms with van der Waals surface area (Å²) in [4.78, 5) is 28.5. The maximum absolute atomic E-state index is 13.5. The van der Waals surface area contributed by atoms with Gasteiger partial charge in [0.15, 0.2) is 5.11 Å². The van der Waals surface area contributed by atoms with E-state index in [1.165, 1.54) is 16.9 Å². The van der Waals surface area contributed by atoms with Gasteiger partial charge in [-0.2, -0.15) is 0 Å². The van der Waals surface area contributed by atoms with Crippen LogP contribution in [0.3, 0.4) is 0 Å². The lowest BCUT2D eigenvalue weighted by atomic mass is 10.1. The number of thiocarbonyl (C=S) groups is 1. The molecule has 0 N–H and O–H groups in total. The molecule has 0 bridgehead atoms. The Morgan fingerprint density at radius 1 is 1.05 bits per heavy atom. The van der Waals surface area contributed by atoms with Crippen LogP contribution in [0, 0.1) is 3.57 Å². The lowest BCUT2D eigenvalue weighted by Crippen LogP contribution is -2.35. The molecule has 0 unspecified atom stereocenters. The molecular weight excluding hydrogens is 623 g/mol. The molecule has 1 heterocycles. The summed E-state index contributed by atoms with van der Waals surface area (Å²) in [6.45, 7) is 2.24. The van der Waals surface area contributed by atoms with Gasteiger partial charge in [-0.25, -0.2) is 0 Å². The molecule has 0 radical (unpaired) electrons. The minimum Gasteiger partial charge on any atom is -0.487 e. The molecule has 3 aromatic rings. The molecule has 0 aliphatic carbocycles. The van der Waals surface area contributed by atoms with Gasteiger partial charge in [-0.1, -0.05) is 48.9 Å². The van der Waals surface area contributed by atoms with E-state index in [2.05, 4.69) is 29.5 Å². The molecule has 1 saturated heterocycles. The second kappa shape index (κ2) is 12.1. The van der Waals surface area contributed by atoms with Crippen molar-refractivity contribution in [2.24, 2.45) is 0 Å². The number of hydrogen-bond acceptors (Lipinski definition) is 5. The summed E-state index contributed by atoms with van der Waals surface area (Å²) in [5.74, 6) is -0.324. The van der Waals surface area contributed by atoms with Gasteiger partial charge in [-0.15, -0.1) is 0 Å². The molecule has 0 atom stereocenters. The van der Waals surface area contributed by atoms with Crippen LogP contribution in [-0.4, -0.2) is 35.5 Å². The highest BCUT2D eigenvalue weighted by atomic mass is 127. The van der Waals surface area contributed by atoms with E-state index in [4.69, 9.17) is 33.3 Å². The van der Waals surface area contributed by atoms with Crippen molar-refractivity contribution in [1.29, 1.82) is 0 Å². The van der Waals surface area contributed by atoms with Crippen molar-refractivity contribution in [3.8, 4) is 5.75 Å². The van der Waals surface area contributed by atoms with Crippen molar-refractivity contribution in [2.45, 2.75) is 20.0 Å². The fourth-order valence-corrected chi connectivity index (χ4v) is 4.71. The Kier molecular flexibility index (Phi) is 8.83. The van der Waals surface area contributed by atoms with Gasteiger partial charge in [-0.3, -0.25) is 14.5 Å². The average molecular weight is 647 g/mol. The molecule has 9 heteroatoms. The number of anilines is 1. The van der Waals surface area contributed by atoms with Gasteiger partial charge in [0.2, 0.25) is 0 Å². The van der Waals surface area contributed by atoms with E-state index in [0.717, 1.165) is 21.1 Å². The first-order valence-corrected chi connectivity index (χ1v) is 13.4.